The average Bonchev–Trinajstić information content (AvgIpc) is 3.44. The highest BCUT2D eigenvalue weighted by molar-refractivity contribution is 6.25. The van der Waals surface area contributed by atoms with Gasteiger partial charge in [-0.1, -0.05) is 103 Å². The predicted molar refractivity (Wildman–Crippen MR) is 175 cm³/mol. The molecule has 6 aromatic carbocycles. The molecule has 0 saturated heterocycles. The molecular formula is C39H29NO3. The lowest BCUT2D eigenvalue weighted by atomic mass is 9.83. The predicted octanol–water partition coefficient (Wildman–Crippen LogP) is 9.30. The Hall–Kier alpha value is -5.48. The molecule has 0 unspecified atom stereocenters. The van der Waals surface area contributed by atoms with Gasteiger partial charge in [0, 0.05) is 51.0 Å². The van der Waals surface area contributed by atoms with Crippen LogP contribution in [0, 0.1) is 0 Å². The molecule has 0 saturated carbocycles. The van der Waals surface area contributed by atoms with Gasteiger partial charge in [-0.2, -0.15) is 0 Å². The van der Waals surface area contributed by atoms with Gasteiger partial charge >= 0.3 is 0 Å². The number of rotatable bonds is 5. The van der Waals surface area contributed by atoms with Crippen LogP contribution in [0.5, 0.6) is 17.2 Å². The summed E-state index contributed by atoms with van der Waals surface area (Å²) >= 11 is 0. The summed E-state index contributed by atoms with van der Waals surface area (Å²) in [5, 5.41) is 4.59. The number of benzene rings is 6. The molecule has 0 spiro atoms. The normalized spacial score (nSPS) is 13.6. The monoisotopic (exact) mass is 559 g/mol. The van der Waals surface area contributed by atoms with E-state index in [-0.39, 0.29) is 0 Å². The first-order chi connectivity index (χ1) is 21.2. The molecule has 43 heavy (non-hydrogen) atoms. The van der Waals surface area contributed by atoms with Crippen molar-refractivity contribution in [3.63, 3.8) is 0 Å². The third-order valence-corrected chi connectivity index (χ3v) is 8.56. The van der Waals surface area contributed by atoms with Gasteiger partial charge in [-0.15, -0.1) is 0 Å². The third kappa shape index (κ3) is 3.76. The quantitative estimate of drug-likeness (QED) is 0.211. The van der Waals surface area contributed by atoms with Crippen LogP contribution in [0.3, 0.4) is 0 Å². The molecule has 1 aliphatic heterocycles. The van der Waals surface area contributed by atoms with Crippen molar-refractivity contribution in [2.75, 3.05) is 14.2 Å². The molecule has 0 atom stereocenters. The summed E-state index contributed by atoms with van der Waals surface area (Å²) < 4.78 is 21.0. The van der Waals surface area contributed by atoms with Crippen molar-refractivity contribution >= 4 is 38.7 Å². The van der Waals surface area contributed by atoms with Crippen LogP contribution >= 0.6 is 0 Å². The van der Waals surface area contributed by atoms with E-state index in [1.807, 2.05) is 18.2 Å². The standard InChI is InChI=1S/C39H29NO3/c1-41-29-23-28(24-30(25-29)42-2)40-35-20-12-11-19-33(35)36-31-17-9-10-18-32(31)38-34(37(36)40)21-22-39(43-38,26-13-5-3-6-14-26)27-15-7-4-8-16-27/h3-25H,1-2H3. The van der Waals surface area contributed by atoms with Crippen molar-refractivity contribution in [3.8, 4) is 22.9 Å². The zero-order valence-corrected chi connectivity index (χ0v) is 24.0. The van der Waals surface area contributed by atoms with Crippen molar-refractivity contribution in [2.45, 2.75) is 5.60 Å². The molecule has 7 aromatic rings. The summed E-state index contributed by atoms with van der Waals surface area (Å²) in [7, 11) is 3.37. The summed E-state index contributed by atoms with van der Waals surface area (Å²) in [6.45, 7) is 0. The Morgan fingerprint density at radius 2 is 1.16 bits per heavy atom. The molecule has 1 aromatic heterocycles. The summed E-state index contributed by atoms with van der Waals surface area (Å²) in [4.78, 5) is 0. The first-order valence-electron chi connectivity index (χ1n) is 14.4. The van der Waals surface area contributed by atoms with Gasteiger partial charge in [0.1, 0.15) is 17.2 Å². The Morgan fingerprint density at radius 1 is 0.605 bits per heavy atom. The Bertz CT molecular complexity index is 2120. The fourth-order valence-corrected chi connectivity index (χ4v) is 6.62. The molecule has 0 amide bonds. The molecule has 0 radical (unpaired) electrons. The Balaban J connectivity index is 1.52. The van der Waals surface area contributed by atoms with Gasteiger partial charge in [0.05, 0.1) is 30.9 Å². The number of ether oxygens (including phenoxy) is 3. The van der Waals surface area contributed by atoms with Crippen molar-refractivity contribution in [1.82, 2.24) is 4.57 Å². The smallest absolute Gasteiger partial charge is 0.178 e. The van der Waals surface area contributed by atoms with E-state index in [9.17, 15) is 0 Å². The first kappa shape index (κ1) is 25.2. The number of aromatic nitrogens is 1. The highest BCUT2D eigenvalue weighted by atomic mass is 16.5. The van der Waals surface area contributed by atoms with Crippen LogP contribution in [0.4, 0.5) is 0 Å². The molecule has 4 heteroatoms. The number of nitrogens with zero attached hydrogens (tertiary/aromatic N) is 1. The zero-order chi connectivity index (χ0) is 29.0. The molecule has 1 aliphatic rings. The maximum absolute atomic E-state index is 7.34. The van der Waals surface area contributed by atoms with Crippen LogP contribution in [0.1, 0.15) is 16.7 Å². The second kappa shape index (κ2) is 9.81. The number of hydrogen-bond donors (Lipinski definition) is 0. The van der Waals surface area contributed by atoms with Gasteiger partial charge in [-0.05, 0) is 23.6 Å². The number of methoxy groups -OCH3 is 2. The van der Waals surface area contributed by atoms with Crippen molar-refractivity contribution < 1.29 is 14.2 Å². The van der Waals surface area contributed by atoms with E-state index < -0.39 is 5.60 Å². The minimum absolute atomic E-state index is 0.730. The number of para-hydroxylation sites is 1. The third-order valence-electron chi connectivity index (χ3n) is 8.56. The van der Waals surface area contributed by atoms with E-state index in [0.717, 1.165) is 61.4 Å². The summed E-state index contributed by atoms with van der Waals surface area (Å²) in [5.41, 5.74) is 5.53. The van der Waals surface area contributed by atoms with Crippen LogP contribution in [0.2, 0.25) is 0 Å². The molecule has 4 nitrogen and oxygen atoms in total. The van der Waals surface area contributed by atoms with Gasteiger partial charge in [0.25, 0.3) is 0 Å². The highest BCUT2D eigenvalue weighted by Crippen LogP contribution is 2.50. The largest absolute Gasteiger partial charge is 0.497 e. The molecule has 208 valence electrons. The van der Waals surface area contributed by atoms with E-state index in [0.29, 0.717) is 0 Å². The van der Waals surface area contributed by atoms with Crippen LogP contribution in [0.15, 0.2) is 133 Å². The second-order valence-electron chi connectivity index (χ2n) is 10.8. The lowest BCUT2D eigenvalue weighted by Gasteiger charge is -2.37. The van der Waals surface area contributed by atoms with Gasteiger partial charge < -0.3 is 18.8 Å². The lowest BCUT2D eigenvalue weighted by molar-refractivity contribution is 0.164. The number of fused-ring (bicyclic) bond motifs is 8. The molecule has 2 heterocycles. The van der Waals surface area contributed by atoms with Crippen molar-refractivity contribution in [2.24, 2.45) is 0 Å². The second-order valence-corrected chi connectivity index (χ2v) is 10.8. The number of hydrogen-bond acceptors (Lipinski definition) is 3. The van der Waals surface area contributed by atoms with Crippen molar-refractivity contribution in [3.05, 3.63) is 150 Å². The van der Waals surface area contributed by atoms with E-state index in [1.54, 1.807) is 14.2 Å². The van der Waals surface area contributed by atoms with Crippen molar-refractivity contribution in [1.29, 1.82) is 0 Å². The zero-order valence-electron chi connectivity index (χ0n) is 24.0. The Morgan fingerprint density at radius 3 is 1.79 bits per heavy atom. The summed E-state index contributed by atoms with van der Waals surface area (Å²) in [6, 6.07) is 44.1. The minimum Gasteiger partial charge on any atom is -0.497 e. The minimum atomic E-state index is -0.790. The fraction of sp³-hybridized carbons (Fsp3) is 0.0769. The Labute approximate surface area is 250 Å². The van der Waals surface area contributed by atoms with Crippen LogP contribution < -0.4 is 14.2 Å². The van der Waals surface area contributed by atoms with E-state index in [4.69, 9.17) is 14.2 Å². The topological polar surface area (TPSA) is 32.6 Å². The maximum Gasteiger partial charge on any atom is 0.178 e. The SMILES string of the molecule is COc1cc(OC)cc(-n2c3ccccc3c3c4ccccc4c4c(c32)C=CC(c2ccccc2)(c2ccccc2)O4)c1. The van der Waals surface area contributed by atoms with Gasteiger partial charge in [0.2, 0.25) is 0 Å². The lowest BCUT2D eigenvalue weighted by Crippen LogP contribution is -2.34. The summed E-state index contributed by atoms with van der Waals surface area (Å²) in [5.74, 6) is 2.32. The Kier molecular flexibility index (Phi) is 5.76. The highest BCUT2D eigenvalue weighted by Gasteiger charge is 2.39. The van der Waals surface area contributed by atoms with E-state index in [1.165, 1.54) is 10.8 Å². The fourth-order valence-electron chi connectivity index (χ4n) is 6.62. The van der Waals surface area contributed by atoms with E-state index >= 15 is 0 Å². The van der Waals surface area contributed by atoms with Crippen LogP contribution in [-0.2, 0) is 5.60 Å². The summed E-state index contributed by atoms with van der Waals surface area (Å²) in [6.07, 6.45) is 4.46. The van der Waals surface area contributed by atoms with Gasteiger partial charge in [0.15, 0.2) is 5.60 Å². The average molecular weight is 560 g/mol. The first-order valence-corrected chi connectivity index (χ1v) is 14.4. The molecule has 8 rings (SSSR count). The molecular weight excluding hydrogens is 530 g/mol. The molecule has 0 fully saturated rings. The van der Waals surface area contributed by atoms with Crippen LogP contribution in [-0.4, -0.2) is 18.8 Å². The van der Waals surface area contributed by atoms with Crippen LogP contribution in [0.25, 0.3) is 44.3 Å². The molecule has 0 aliphatic carbocycles. The molecule has 0 bridgehead atoms. The maximum atomic E-state index is 7.34. The van der Waals surface area contributed by atoms with Gasteiger partial charge in [-0.3, -0.25) is 0 Å². The molecule has 0 N–H and O–H groups in total. The van der Waals surface area contributed by atoms with Gasteiger partial charge in [-0.25, -0.2) is 0 Å². The van der Waals surface area contributed by atoms with E-state index in [2.05, 4.69) is 126 Å².